The minimum atomic E-state index is -0.899. The second kappa shape index (κ2) is 8.31. The Kier molecular flexibility index (Phi) is 6.41. The number of carboxylic acids is 1. The van der Waals surface area contributed by atoms with Crippen molar-refractivity contribution >= 4 is 11.9 Å². The molecule has 2 fully saturated rings. The molecule has 2 N–H and O–H groups in total. The van der Waals surface area contributed by atoms with Gasteiger partial charge in [-0.25, -0.2) is 0 Å². The summed E-state index contributed by atoms with van der Waals surface area (Å²) in [5.41, 5.74) is 0. The van der Waals surface area contributed by atoms with E-state index in [0.717, 1.165) is 25.9 Å². The first-order valence-electron chi connectivity index (χ1n) is 7.58. The number of nitrogens with zero attached hydrogens (tertiary/aromatic N) is 1. The lowest BCUT2D eigenvalue weighted by Gasteiger charge is -2.32. The van der Waals surface area contributed by atoms with Crippen LogP contribution in [0.5, 0.6) is 0 Å². The highest BCUT2D eigenvalue weighted by molar-refractivity contribution is 5.76. The topological polar surface area (TPSA) is 88.1 Å². The third-order valence-electron chi connectivity index (χ3n) is 3.85. The van der Waals surface area contributed by atoms with Crippen LogP contribution < -0.4 is 5.32 Å². The van der Waals surface area contributed by atoms with Gasteiger partial charge in [-0.15, -0.1) is 0 Å². The zero-order valence-electron chi connectivity index (χ0n) is 12.3. The number of amides is 1. The number of morpholine rings is 1. The van der Waals surface area contributed by atoms with E-state index in [-0.39, 0.29) is 18.4 Å². The Morgan fingerprint density at radius 1 is 1.33 bits per heavy atom. The fraction of sp³-hybridized carbons (Fsp3) is 0.857. The van der Waals surface area contributed by atoms with Gasteiger partial charge < -0.3 is 24.8 Å². The largest absolute Gasteiger partial charge is 0.481 e. The Morgan fingerprint density at radius 2 is 2.10 bits per heavy atom. The van der Waals surface area contributed by atoms with Crippen LogP contribution in [0.3, 0.4) is 0 Å². The monoisotopic (exact) mass is 300 g/mol. The Bertz CT molecular complexity index is 357. The van der Waals surface area contributed by atoms with Gasteiger partial charge >= 0.3 is 5.97 Å². The van der Waals surface area contributed by atoms with E-state index >= 15 is 0 Å². The Morgan fingerprint density at radius 3 is 2.81 bits per heavy atom. The summed E-state index contributed by atoms with van der Waals surface area (Å²) < 4.78 is 11.1. The lowest BCUT2D eigenvalue weighted by molar-refractivity contribution is -0.148. The van der Waals surface area contributed by atoms with Crippen molar-refractivity contribution in [3.63, 3.8) is 0 Å². The van der Waals surface area contributed by atoms with Crippen molar-refractivity contribution in [1.82, 2.24) is 10.2 Å². The molecule has 0 aliphatic carbocycles. The van der Waals surface area contributed by atoms with Crippen molar-refractivity contribution < 1.29 is 24.2 Å². The van der Waals surface area contributed by atoms with E-state index < -0.39 is 12.1 Å². The highest BCUT2D eigenvalue weighted by atomic mass is 16.5. The highest BCUT2D eigenvalue weighted by Gasteiger charge is 2.25. The molecule has 7 nitrogen and oxygen atoms in total. The van der Waals surface area contributed by atoms with E-state index in [1.165, 1.54) is 0 Å². The Labute approximate surface area is 124 Å². The molecule has 21 heavy (non-hydrogen) atoms. The van der Waals surface area contributed by atoms with Crippen LogP contribution in [0.1, 0.15) is 25.7 Å². The van der Waals surface area contributed by atoms with Gasteiger partial charge in [0.2, 0.25) is 5.91 Å². The molecule has 7 heteroatoms. The zero-order valence-corrected chi connectivity index (χ0v) is 12.3. The molecule has 0 aromatic carbocycles. The van der Waals surface area contributed by atoms with Gasteiger partial charge in [0.25, 0.3) is 0 Å². The summed E-state index contributed by atoms with van der Waals surface area (Å²) in [6.07, 6.45) is 2.13. The van der Waals surface area contributed by atoms with Gasteiger partial charge in [-0.2, -0.15) is 0 Å². The van der Waals surface area contributed by atoms with Crippen LogP contribution >= 0.6 is 0 Å². The van der Waals surface area contributed by atoms with E-state index in [0.29, 0.717) is 32.7 Å². The summed E-state index contributed by atoms with van der Waals surface area (Å²) in [6.45, 7) is 3.67. The molecule has 0 aromatic rings. The number of piperidine rings is 1. The molecule has 2 rings (SSSR count). The van der Waals surface area contributed by atoms with Gasteiger partial charge in [-0.3, -0.25) is 9.59 Å². The predicted octanol–water partition coefficient (Wildman–Crippen LogP) is -0.153. The van der Waals surface area contributed by atoms with E-state index in [1.54, 1.807) is 4.90 Å². The van der Waals surface area contributed by atoms with Crippen LogP contribution in [0.25, 0.3) is 0 Å². The van der Waals surface area contributed by atoms with E-state index in [2.05, 4.69) is 5.32 Å². The molecule has 2 aliphatic rings. The van der Waals surface area contributed by atoms with Crippen molar-refractivity contribution in [2.45, 2.75) is 37.9 Å². The van der Waals surface area contributed by atoms with Gasteiger partial charge in [0, 0.05) is 13.1 Å². The molecule has 2 heterocycles. The van der Waals surface area contributed by atoms with Gasteiger partial charge in [0.15, 0.2) is 0 Å². The first-order valence-corrected chi connectivity index (χ1v) is 7.58. The fourth-order valence-electron chi connectivity index (χ4n) is 2.70. The molecule has 1 unspecified atom stereocenters. The first-order chi connectivity index (χ1) is 10.1. The summed E-state index contributed by atoms with van der Waals surface area (Å²) in [6, 6.07) is 0. The number of ether oxygens (including phenoxy) is 2. The fourth-order valence-corrected chi connectivity index (χ4v) is 2.70. The summed E-state index contributed by atoms with van der Waals surface area (Å²) in [7, 11) is 0. The summed E-state index contributed by atoms with van der Waals surface area (Å²) in [4.78, 5) is 24.5. The molecule has 1 amide bonds. The van der Waals surface area contributed by atoms with Crippen molar-refractivity contribution in [3.05, 3.63) is 0 Å². The van der Waals surface area contributed by atoms with Gasteiger partial charge in [-0.1, -0.05) is 0 Å². The van der Waals surface area contributed by atoms with Crippen molar-refractivity contribution in [2.24, 2.45) is 0 Å². The number of rotatable bonds is 6. The van der Waals surface area contributed by atoms with Crippen LogP contribution in [-0.2, 0) is 19.1 Å². The predicted molar refractivity (Wildman–Crippen MR) is 75.0 cm³/mol. The third-order valence-corrected chi connectivity index (χ3v) is 3.85. The molecule has 0 saturated carbocycles. The average Bonchev–Trinajstić information content (AvgIpc) is 2.48. The number of nitrogens with one attached hydrogen (secondary N) is 1. The van der Waals surface area contributed by atoms with Gasteiger partial charge in [0.05, 0.1) is 38.3 Å². The lowest BCUT2D eigenvalue weighted by Crippen LogP contribution is -2.46. The normalized spacial score (nSPS) is 24.0. The molecule has 0 bridgehead atoms. The number of carbonyl (C=O) groups is 2. The maximum absolute atomic E-state index is 12.1. The molecular weight excluding hydrogens is 276 g/mol. The Hall–Kier alpha value is -1.18. The maximum Gasteiger partial charge on any atom is 0.306 e. The number of aliphatic carboxylic acids is 1. The van der Waals surface area contributed by atoms with Crippen LogP contribution in [0.4, 0.5) is 0 Å². The molecule has 1 atom stereocenters. The SMILES string of the molecule is O=C(O)CC1CN(C(=O)CCOC2CCNCC2)CCO1. The van der Waals surface area contributed by atoms with Crippen molar-refractivity contribution in [1.29, 1.82) is 0 Å². The van der Waals surface area contributed by atoms with E-state index in [1.807, 2.05) is 0 Å². The minimum Gasteiger partial charge on any atom is -0.481 e. The standard InChI is InChI=1S/C14H24N2O5/c17-13(3-7-20-11-1-4-15-5-2-11)16-6-8-21-12(10-16)9-14(18)19/h11-12,15H,1-10H2,(H,18,19). The minimum absolute atomic E-state index is 0.0163. The molecule has 0 aromatic heterocycles. The molecular formula is C14H24N2O5. The maximum atomic E-state index is 12.1. The first kappa shape index (κ1) is 16.2. The lowest BCUT2D eigenvalue weighted by atomic mass is 10.1. The van der Waals surface area contributed by atoms with E-state index in [9.17, 15) is 9.59 Å². The zero-order chi connectivity index (χ0) is 15.1. The summed E-state index contributed by atoms with van der Waals surface area (Å²) >= 11 is 0. The second-order valence-corrected chi connectivity index (χ2v) is 5.50. The molecule has 120 valence electrons. The third kappa shape index (κ3) is 5.61. The average molecular weight is 300 g/mol. The number of hydrogen-bond donors (Lipinski definition) is 2. The van der Waals surface area contributed by atoms with Crippen molar-refractivity contribution in [2.75, 3.05) is 39.4 Å². The summed E-state index contributed by atoms with van der Waals surface area (Å²) in [5.74, 6) is -0.883. The second-order valence-electron chi connectivity index (χ2n) is 5.50. The number of carboxylic acid groups (broad SMARTS) is 1. The van der Waals surface area contributed by atoms with Crippen molar-refractivity contribution in [3.8, 4) is 0 Å². The van der Waals surface area contributed by atoms with E-state index in [4.69, 9.17) is 14.6 Å². The molecule has 0 spiro atoms. The molecule has 2 saturated heterocycles. The van der Waals surface area contributed by atoms with Gasteiger partial charge in [-0.05, 0) is 25.9 Å². The van der Waals surface area contributed by atoms with Crippen LogP contribution in [-0.4, -0.2) is 73.5 Å². The molecule has 2 aliphatic heterocycles. The summed E-state index contributed by atoms with van der Waals surface area (Å²) in [5, 5.41) is 12.0. The number of hydrogen-bond acceptors (Lipinski definition) is 5. The highest BCUT2D eigenvalue weighted by Crippen LogP contribution is 2.11. The van der Waals surface area contributed by atoms with Crippen LogP contribution in [0.15, 0.2) is 0 Å². The quantitative estimate of drug-likeness (QED) is 0.709. The van der Waals surface area contributed by atoms with Gasteiger partial charge in [0.1, 0.15) is 0 Å². The Balaban J connectivity index is 1.66. The number of carbonyl (C=O) groups excluding carboxylic acids is 1. The van der Waals surface area contributed by atoms with Crippen LogP contribution in [0.2, 0.25) is 0 Å². The smallest absolute Gasteiger partial charge is 0.306 e. The van der Waals surface area contributed by atoms with Crippen LogP contribution in [0, 0.1) is 0 Å². The molecule has 0 radical (unpaired) electrons.